The van der Waals surface area contributed by atoms with E-state index in [1.807, 2.05) is 0 Å². The average molecular weight is 304 g/mol. The van der Waals surface area contributed by atoms with Gasteiger partial charge in [0.15, 0.2) is 0 Å². The average Bonchev–Trinajstić information content (AvgIpc) is 2.30. The van der Waals surface area contributed by atoms with Gasteiger partial charge < -0.3 is 20.3 Å². The van der Waals surface area contributed by atoms with Crippen LogP contribution in [0.2, 0.25) is 0 Å². The summed E-state index contributed by atoms with van der Waals surface area (Å²) >= 11 is 3.12. The molecule has 0 fully saturated rings. The molecule has 1 aromatic carbocycles. The van der Waals surface area contributed by atoms with E-state index in [0.717, 1.165) is 0 Å². The molecule has 1 amide bonds. The van der Waals surface area contributed by atoms with E-state index >= 15 is 0 Å². The summed E-state index contributed by atoms with van der Waals surface area (Å²) in [7, 11) is 1.47. The highest BCUT2D eigenvalue weighted by molar-refractivity contribution is 9.10. The molecule has 0 aliphatic heterocycles. The van der Waals surface area contributed by atoms with Crippen LogP contribution in [0.5, 0.6) is 5.75 Å². The van der Waals surface area contributed by atoms with Gasteiger partial charge in [0.25, 0.3) is 5.91 Å². The lowest BCUT2D eigenvalue weighted by molar-refractivity contribution is 0.0609. The minimum absolute atomic E-state index is 0.00455. The highest BCUT2D eigenvalue weighted by Crippen LogP contribution is 2.24. The number of aromatic hydroxyl groups is 1. The Morgan fingerprint density at radius 2 is 2.29 bits per heavy atom. The molecule has 0 aliphatic carbocycles. The SMILES string of the molecule is COCC(O)CNC(=O)c1ccc(Br)c(O)c1. The van der Waals surface area contributed by atoms with Crippen molar-refractivity contribution in [2.24, 2.45) is 0 Å². The third-order valence-corrected chi connectivity index (χ3v) is 2.74. The number of hydrogen-bond acceptors (Lipinski definition) is 4. The van der Waals surface area contributed by atoms with Crippen molar-refractivity contribution in [3.05, 3.63) is 28.2 Å². The van der Waals surface area contributed by atoms with Gasteiger partial charge in [-0.25, -0.2) is 0 Å². The van der Waals surface area contributed by atoms with Crippen molar-refractivity contribution in [2.45, 2.75) is 6.10 Å². The normalized spacial score (nSPS) is 12.2. The predicted molar refractivity (Wildman–Crippen MR) is 66.0 cm³/mol. The van der Waals surface area contributed by atoms with Gasteiger partial charge in [-0.2, -0.15) is 0 Å². The molecule has 0 bridgehead atoms. The maximum Gasteiger partial charge on any atom is 0.251 e. The Balaban J connectivity index is 2.55. The van der Waals surface area contributed by atoms with Gasteiger partial charge in [0.2, 0.25) is 0 Å². The first-order chi connectivity index (χ1) is 8.04. The van der Waals surface area contributed by atoms with Crippen LogP contribution in [-0.4, -0.2) is 42.5 Å². The lowest BCUT2D eigenvalue weighted by Crippen LogP contribution is -2.34. The van der Waals surface area contributed by atoms with Crippen molar-refractivity contribution < 1.29 is 19.7 Å². The van der Waals surface area contributed by atoms with Crippen LogP contribution in [0.3, 0.4) is 0 Å². The summed E-state index contributed by atoms with van der Waals surface area (Å²) in [4.78, 5) is 11.6. The Bertz CT molecular complexity index is 397. The smallest absolute Gasteiger partial charge is 0.251 e. The first kappa shape index (κ1) is 14.0. The van der Waals surface area contributed by atoms with E-state index in [9.17, 15) is 15.0 Å². The number of methoxy groups -OCH3 is 1. The van der Waals surface area contributed by atoms with Gasteiger partial charge in [0.1, 0.15) is 5.75 Å². The van der Waals surface area contributed by atoms with Crippen LogP contribution in [0.4, 0.5) is 0 Å². The number of aliphatic hydroxyl groups excluding tert-OH is 1. The Hall–Kier alpha value is -1.11. The summed E-state index contributed by atoms with van der Waals surface area (Å²) in [6.07, 6.45) is -0.743. The maximum atomic E-state index is 11.6. The lowest BCUT2D eigenvalue weighted by Gasteiger charge is -2.11. The molecule has 1 unspecified atom stereocenters. The van der Waals surface area contributed by atoms with E-state index in [2.05, 4.69) is 21.2 Å². The Morgan fingerprint density at radius 3 is 2.88 bits per heavy atom. The highest BCUT2D eigenvalue weighted by Gasteiger charge is 2.10. The number of hydrogen-bond donors (Lipinski definition) is 3. The van der Waals surface area contributed by atoms with Crippen molar-refractivity contribution in [3.63, 3.8) is 0 Å². The number of phenolic OH excluding ortho intramolecular Hbond substituents is 1. The minimum Gasteiger partial charge on any atom is -0.507 e. The minimum atomic E-state index is -0.743. The molecule has 0 saturated carbocycles. The molecule has 5 nitrogen and oxygen atoms in total. The molecule has 0 saturated heterocycles. The van der Waals surface area contributed by atoms with E-state index < -0.39 is 6.10 Å². The van der Waals surface area contributed by atoms with E-state index in [0.29, 0.717) is 10.0 Å². The van der Waals surface area contributed by atoms with Gasteiger partial charge in [0.05, 0.1) is 17.2 Å². The van der Waals surface area contributed by atoms with Crippen molar-refractivity contribution in [1.29, 1.82) is 0 Å². The number of halogens is 1. The quantitative estimate of drug-likeness (QED) is 0.755. The van der Waals surface area contributed by atoms with Crippen molar-refractivity contribution >= 4 is 21.8 Å². The number of carbonyl (C=O) groups is 1. The van der Waals surface area contributed by atoms with Gasteiger partial charge in [-0.15, -0.1) is 0 Å². The predicted octanol–water partition coefficient (Wildman–Crippen LogP) is 0.892. The van der Waals surface area contributed by atoms with Gasteiger partial charge >= 0.3 is 0 Å². The second-order valence-electron chi connectivity index (χ2n) is 3.49. The monoisotopic (exact) mass is 303 g/mol. The molecule has 0 aliphatic rings. The molecule has 94 valence electrons. The van der Waals surface area contributed by atoms with E-state index in [-0.39, 0.29) is 24.8 Å². The Morgan fingerprint density at radius 1 is 1.59 bits per heavy atom. The number of carbonyl (C=O) groups excluding carboxylic acids is 1. The summed E-state index contributed by atoms with van der Waals surface area (Å²) in [6, 6.07) is 4.50. The zero-order valence-corrected chi connectivity index (χ0v) is 10.9. The number of benzene rings is 1. The fraction of sp³-hybridized carbons (Fsp3) is 0.364. The molecule has 0 aromatic heterocycles. The summed E-state index contributed by atoms with van der Waals surface area (Å²) in [5, 5.41) is 21.3. The Kier molecular flexibility index (Phi) is 5.40. The van der Waals surface area contributed by atoms with Gasteiger partial charge in [-0.1, -0.05) is 0 Å². The van der Waals surface area contributed by atoms with Crippen molar-refractivity contribution in [1.82, 2.24) is 5.32 Å². The van der Waals surface area contributed by atoms with Crippen LogP contribution in [0.15, 0.2) is 22.7 Å². The number of rotatable bonds is 5. The van der Waals surface area contributed by atoms with Gasteiger partial charge in [-0.05, 0) is 34.1 Å². The third-order valence-electron chi connectivity index (χ3n) is 2.07. The van der Waals surface area contributed by atoms with E-state index in [4.69, 9.17) is 4.74 Å². The third kappa shape index (κ3) is 4.33. The Labute approximate surface area is 108 Å². The standard InChI is InChI=1S/C11H14BrNO4/c1-17-6-8(14)5-13-11(16)7-2-3-9(12)10(15)4-7/h2-4,8,14-15H,5-6H2,1H3,(H,13,16). The molecule has 6 heteroatoms. The molecule has 1 rings (SSSR count). The molecule has 1 atom stereocenters. The maximum absolute atomic E-state index is 11.6. The summed E-state index contributed by atoms with van der Waals surface area (Å²) in [5.41, 5.74) is 0.329. The van der Waals surface area contributed by atoms with Crippen molar-refractivity contribution in [3.8, 4) is 5.75 Å². The number of aliphatic hydroxyl groups is 1. The number of amides is 1. The first-order valence-corrected chi connectivity index (χ1v) is 5.77. The fourth-order valence-corrected chi connectivity index (χ4v) is 1.46. The van der Waals surface area contributed by atoms with E-state index in [1.54, 1.807) is 12.1 Å². The van der Waals surface area contributed by atoms with Crippen LogP contribution in [0.1, 0.15) is 10.4 Å². The van der Waals surface area contributed by atoms with Crippen LogP contribution < -0.4 is 5.32 Å². The van der Waals surface area contributed by atoms with E-state index in [1.165, 1.54) is 13.2 Å². The van der Waals surface area contributed by atoms with Crippen LogP contribution in [0.25, 0.3) is 0 Å². The number of phenols is 1. The van der Waals surface area contributed by atoms with Crippen LogP contribution >= 0.6 is 15.9 Å². The summed E-state index contributed by atoms with van der Waals surface area (Å²) < 4.78 is 5.25. The second-order valence-corrected chi connectivity index (χ2v) is 4.34. The molecule has 17 heavy (non-hydrogen) atoms. The van der Waals surface area contributed by atoms with Crippen LogP contribution in [-0.2, 0) is 4.74 Å². The lowest BCUT2D eigenvalue weighted by atomic mass is 10.2. The molecule has 0 radical (unpaired) electrons. The summed E-state index contributed by atoms with van der Waals surface area (Å²) in [5.74, 6) is -0.363. The number of ether oxygens (including phenoxy) is 1. The zero-order valence-electron chi connectivity index (χ0n) is 9.31. The van der Waals surface area contributed by atoms with Gasteiger partial charge in [-0.3, -0.25) is 4.79 Å². The molecule has 3 N–H and O–H groups in total. The second kappa shape index (κ2) is 6.58. The zero-order chi connectivity index (χ0) is 12.8. The molecule has 0 spiro atoms. The van der Waals surface area contributed by atoms with Crippen molar-refractivity contribution in [2.75, 3.05) is 20.3 Å². The molecule has 0 heterocycles. The largest absolute Gasteiger partial charge is 0.507 e. The molecular formula is C11H14BrNO4. The molecule has 1 aromatic rings. The van der Waals surface area contributed by atoms with Crippen LogP contribution in [0, 0.1) is 0 Å². The number of nitrogens with one attached hydrogen (secondary N) is 1. The van der Waals surface area contributed by atoms with Gasteiger partial charge in [0, 0.05) is 19.2 Å². The fourth-order valence-electron chi connectivity index (χ4n) is 1.22. The highest BCUT2D eigenvalue weighted by atomic mass is 79.9. The topological polar surface area (TPSA) is 78.8 Å². The summed E-state index contributed by atoms with van der Waals surface area (Å²) in [6.45, 7) is 0.259. The molecular weight excluding hydrogens is 290 g/mol. The first-order valence-electron chi connectivity index (χ1n) is 4.98.